The topological polar surface area (TPSA) is 75.6 Å². The first-order valence-corrected chi connectivity index (χ1v) is 12.6. The van der Waals surface area contributed by atoms with Crippen LogP contribution in [0.5, 0.6) is 0 Å². The highest BCUT2D eigenvalue weighted by Crippen LogP contribution is 2.36. The lowest BCUT2D eigenvalue weighted by atomic mass is 9.89. The number of aryl methyl sites for hydroxylation is 2. The highest BCUT2D eigenvalue weighted by Gasteiger charge is 2.27. The van der Waals surface area contributed by atoms with Crippen LogP contribution in [-0.4, -0.2) is 29.7 Å². The minimum absolute atomic E-state index is 0.0226. The van der Waals surface area contributed by atoms with Crippen molar-refractivity contribution in [3.05, 3.63) is 82.9 Å². The molecule has 37 heavy (non-hydrogen) atoms. The molecule has 2 aromatic carbocycles. The molecule has 0 saturated heterocycles. The van der Waals surface area contributed by atoms with Crippen LogP contribution >= 0.6 is 11.6 Å². The molecule has 0 fully saturated rings. The number of benzene rings is 2. The summed E-state index contributed by atoms with van der Waals surface area (Å²) in [6, 6.07) is 4.63. The van der Waals surface area contributed by atoms with Crippen LogP contribution in [0.2, 0.25) is 5.02 Å². The third kappa shape index (κ3) is 8.51. The second kappa shape index (κ2) is 14.6. The van der Waals surface area contributed by atoms with Gasteiger partial charge in [-0.3, -0.25) is 9.59 Å². The monoisotopic (exact) mass is 533 g/mol. The number of hydrogen-bond donors (Lipinski definition) is 2. The van der Waals surface area contributed by atoms with Crippen molar-refractivity contribution in [2.75, 3.05) is 6.61 Å². The number of halogens is 3. The quantitative estimate of drug-likeness (QED) is 0.164. The van der Waals surface area contributed by atoms with Crippen LogP contribution in [0.1, 0.15) is 61.8 Å². The first-order chi connectivity index (χ1) is 17.6. The molecule has 0 heterocycles. The number of carbonyl (C=O) groups is 2. The van der Waals surface area contributed by atoms with Crippen molar-refractivity contribution < 1.29 is 28.2 Å². The van der Waals surface area contributed by atoms with E-state index >= 15 is 4.39 Å². The molecule has 2 rings (SSSR count). The fourth-order valence-electron chi connectivity index (χ4n) is 4.19. The van der Waals surface area contributed by atoms with Gasteiger partial charge in [0.05, 0.1) is 24.1 Å². The number of ether oxygens (including phenoxy) is 1. The Labute approximate surface area is 222 Å². The number of esters is 1. The molecule has 0 spiro atoms. The van der Waals surface area contributed by atoms with Crippen molar-refractivity contribution in [2.45, 2.75) is 64.5 Å². The molecule has 0 aliphatic carbocycles. The molecule has 2 N–H and O–H groups in total. The molecule has 0 unspecified atom stereocenters. The van der Waals surface area contributed by atoms with Crippen LogP contribution in [0, 0.1) is 18.6 Å². The molecule has 200 valence electrons. The molecule has 8 heteroatoms. The Morgan fingerprint density at radius 3 is 2.54 bits per heavy atom. The summed E-state index contributed by atoms with van der Waals surface area (Å²) in [6.07, 6.45) is 4.47. The van der Waals surface area contributed by atoms with Gasteiger partial charge >= 0.3 is 5.97 Å². The lowest BCUT2D eigenvalue weighted by molar-refractivity contribution is -0.144. The van der Waals surface area contributed by atoms with Crippen molar-refractivity contribution in [2.24, 2.45) is 0 Å². The summed E-state index contributed by atoms with van der Waals surface area (Å²) >= 11 is 6.29. The van der Waals surface area contributed by atoms with Gasteiger partial charge in [-0.25, -0.2) is 8.78 Å². The molecule has 2 atom stereocenters. The maximum absolute atomic E-state index is 15.4. The molecule has 0 aromatic heterocycles. The van der Waals surface area contributed by atoms with E-state index in [9.17, 15) is 19.1 Å². The molecule has 5 nitrogen and oxygen atoms in total. The SMILES string of the molecule is C=CCCCCc1cc(F)cc(C)c1-c1cc(Cl)c(F)c([C@H](CC(=O)OCC)NC(=O)[C@H](O)CC=C)c1. The van der Waals surface area contributed by atoms with E-state index in [0.29, 0.717) is 23.1 Å². The molecular formula is C29H34ClF2NO4. The normalized spacial score (nSPS) is 12.5. The number of amides is 1. The van der Waals surface area contributed by atoms with Gasteiger partial charge in [-0.15, -0.1) is 13.2 Å². The molecule has 1 amide bonds. The van der Waals surface area contributed by atoms with E-state index < -0.39 is 29.8 Å². The molecule has 0 aliphatic heterocycles. The molecule has 0 radical (unpaired) electrons. The second-order valence-corrected chi connectivity index (χ2v) is 9.17. The fraction of sp³-hybridized carbons (Fsp3) is 0.379. The summed E-state index contributed by atoms with van der Waals surface area (Å²) in [5.74, 6) is -2.65. The highest BCUT2D eigenvalue weighted by atomic mass is 35.5. The average molecular weight is 534 g/mol. The molecule has 2 aromatic rings. The Balaban J connectivity index is 2.59. The summed E-state index contributed by atoms with van der Waals surface area (Å²) in [5.41, 5.74) is 2.56. The zero-order valence-corrected chi connectivity index (χ0v) is 22.0. The van der Waals surface area contributed by atoms with Crippen molar-refractivity contribution >= 4 is 23.5 Å². The number of rotatable bonds is 14. The number of allylic oxidation sites excluding steroid dienone is 1. The highest BCUT2D eigenvalue weighted by molar-refractivity contribution is 6.31. The van der Waals surface area contributed by atoms with Gasteiger partial charge in [-0.2, -0.15) is 0 Å². The molecule has 0 saturated carbocycles. The van der Waals surface area contributed by atoms with Crippen LogP contribution in [0.3, 0.4) is 0 Å². The Morgan fingerprint density at radius 2 is 1.89 bits per heavy atom. The summed E-state index contributed by atoms with van der Waals surface area (Å²) < 4.78 is 34.7. The van der Waals surface area contributed by atoms with Crippen molar-refractivity contribution in [3.63, 3.8) is 0 Å². The van der Waals surface area contributed by atoms with Crippen LogP contribution < -0.4 is 5.32 Å². The summed E-state index contributed by atoms with van der Waals surface area (Å²) in [5, 5.41) is 12.4. The molecular weight excluding hydrogens is 500 g/mol. The van der Waals surface area contributed by atoms with E-state index in [1.54, 1.807) is 13.8 Å². The number of aliphatic hydroxyl groups is 1. The number of aliphatic hydroxyl groups excluding tert-OH is 1. The van der Waals surface area contributed by atoms with Gasteiger partial charge in [0.25, 0.3) is 0 Å². The Kier molecular flexibility index (Phi) is 12.0. The maximum atomic E-state index is 15.4. The van der Waals surface area contributed by atoms with Crippen molar-refractivity contribution in [1.29, 1.82) is 0 Å². The van der Waals surface area contributed by atoms with Gasteiger partial charge in [0.2, 0.25) is 5.91 Å². The zero-order valence-electron chi connectivity index (χ0n) is 21.3. The Bertz CT molecular complexity index is 1140. The Hall–Kier alpha value is -3.03. The predicted octanol–water partition coefficient (Wildman–Crippen LogP) is 6.54. The number of carbonyl (C=O) groups excluding carboxylic acids is 2. The van der Waals surface area contributed by atoms with E-state index in [-0.39, 0.29) is 35.9 Å². The molecule has 0 bridgehead atoms. The van der Waals surface area contributed by atoms with Crippen LogP contribution in [-0.2, 0) is 20.7 Å². The number of hydrogen-bond acceptors (Lipinski definition) is 4. The number of nitrogens with one attached hydrogen (secondary N) is 1. The first-order valence-electron chi connectivity index (χ1n) is 12.3. The summed E-state index contributed by atoms with van der Waals surface area (Å²) in [6.45, 7) is 10.7. The standard InChI is InChI=1S/C29H34ClF2NO4/c1-5-8-9-10-12-19-14-21(31)13-18(4)27(19)20-15-22(28(32)23(30)16-20)24(17-26(35)37-7-3)33-29(36)25(34)11-6-2/h5-6,13-16,24-25,34H,1-2,7-12,17H2,3-4H3,(H,33,36)/t24-,25+/m0/s1. The third-order valence-electron chi connectivity index (χ3n) is 5.89. The lowest BCUT2D eigenvalue weighted by Crippen LogP contribution is -2.38. The van der Waals surface area contributed by atoms with Crippen LogP contribution in [0.4, 0.5) is 8.78 Å². The van der Waals surface area contributed by atoms with Crippen molar-refractivity contribution in [1.82, 2.24) is 5.32 Å². The smallest absolute Gasteiger partial charge is 0.308 e. The Morgan fingerprint density at radius 1 is 1.16 bits per heavy atom. The summed E-state index contributed by atoms with van der Waals surface area (Å²) in [7, 11) is 0. The van der Waals surface area contributed by atoms with E-state index in [0.717, 1.165) is 24.8 Å². The number of unbranched alkanes of at least 4 members (excludes halogenated alkanes) is 2. The first kappa shape index (κ1) is 30.2. The van der Waals surface area contributed by atoms with E-state index in [1.165, 1.54) is 30.3 Å². The van der Waals surface area contributed by atoms with E-state index in [2.05, 4.69) is 18.5 Å². The minimum Gasteiger partial charge on any atom is -0.466 e. The van der Waals surface area contributed by atoms with Crippen LogP contribution in [0.15, 0.2) is 49.6 Å². The molecule has 0 aliphatic rings. The van der Waals surface area contributed by atoms with E-state index in [1.807, 2.05) is 6.08 Å². The van der Waals surface area contributed by atoms with Crippen LogP contribution in [0.25, 0.3) is 11.1 Å². The third-order valence-corrected chi connectivity index (χ3v) is 6.17. The minimum atomic E-state index is -1.43. The van der Waals surface area contributed by atoms with Gasteiger partial charge in [0.15, 0.2) is 0 Å². The van der Waals surface area contributed by atoms with Gasteiger partial charge in [-0.1, -0.05) is 23.8 Å². The second-order valence-electron chi connectivity index (χ2n) is 8.76. The van der Waals surface area contributed by atoms with Gasteiger partial charge in [0.1, 0.15) is 17.7 Å². The van der Waals surface area contributed by atoms with E-state index in [4.69, 9.17) is 16.3 Å². The average Bonchev–Trinajstić information content (AvgIpc) is 2.83. The van der Waals surface area contributed by atoms with Crippen molar-refractivity contribution in [3.8, 4) is 11.1 Å². The maximum Gasteiger partial charge on any atom is 0.308 e. The van der Waals surface area contributed by atoms with Gasteiger partial charge < -0.3 is 15.2 Å². The largest absolute Gasteiger partial charge is 0.466 e. The summed E-state index contributed by atoms with van der Waals surface area (Å²) in [4.78, 5) is 24.9. The fourth-order valence-corrected chi connectivity index (χ4v) is 4.42. The predicted molar refractivity (Wildman–Crippen MR) is 142 cm³/mol. The lowest BCUT2D eigenvalue weighted by Gasteiger charge is -2.23. The van der Waals surface area contributed by atoms with Gasteiger partial charge in [0, 0.05) is 12.0 Å². The van der Waals surface area contributed by atoms with Gasteiger partial charge in [-0.05, 0) is 86.1 Å². The zero-order chi connectivity index (χ0) is 27.5.